The van der Waals surface area contributed by atoms with Crippen molar-refractivity contribution >= 4 is 16.7 Å². The molecule has 0 bridgehead atoms. The number of hydrogen-bond donors (Lipinski definition) is 2. The molecular weight excluding hydrogens is 214 g/mol. The number of benzene rings is 1. The van der Waals surface area contributed by atoms with Crippen LogP contribution in [0.5, 0.6) is 0 Å². The minimum atomic E-state index is -0.0670. The standard InChI is InChI=1S/C13H19N3O/c1-13(2,6-7-17)16(3)10-4-5-11-12(8-10)15-9-14-11/h4-5,8-9,17H,6-7H2,1-3H3,(H,14,15). The van der Waals surface area contributed by atoms with E-state index >= 15 is 0 Å². The second-order valence-electron chi connectivity index (χ2n) is 4.95. The Labute approximate surface area is 101 Å². The molecule has 0 aliphatic heterocycles. The summed E-state index contributed by atoms with van der Waals surface area (Å²) < 4.78 is 0. The third kappa shape index (κ3) is 2.26. The monoisotopic (exact) mass is 233 g/mol. The maximum absolute atomic E-state index is 9.09. The lowest BCUT2D eigenvalue weighted by Gasteiger charge is -2.37. The number of nitrogens with one attached hydrogen (secondary N) is 1. The van der Waals surface area contributed by atoms with Crippen LogP contribution in [0.1, 0.15) is 20.3 Å². The van der Waals surface area contributed by atoms with Crippen LogP contribution in [0, 0.1) is 0 Å². The Morgan fingerprint density at radius 3 is 2.88 bits per heavy atom. The molecule has 0 aliphatic carbocycles. The number of rotatable bonds is 4. The zero-order valence-corrected chi connectivity index (χ0v) is 10.6. The first-order valence-corrected chi connectivity index (χ1v) is 5.82. The van der Waals surface area contributed by atoms with Crippen molar-refractivity contribution < 1.29 is 5.11 Å². The molecular formula is C13H19N3O. The van der Waals surface area contributed by atoms with Crippen LogP contribution in [0.3, 0.4) is 0 Å². The minimum Gasteiger partial charge on any atom is -0.396 e. The lowest BCUT2D eigenvalue weighted by atomic mass is 9.98. The topological polar surface area (TPSA) is 52.2 Å². The van der Waals surface area contributed by atoms with Gasteiger partial charge >= 0.3 is 0 Å². The predicted molar refractivity (Wildman–Crippen MR) is 70.3 cm³/mol. The number of aliphatic hydroxyl groups is 1. The van der Waals surface area contributed by atoms with Crippen molar-refractivity contribution in [2.75, 3.05) is 18.6 Å². The third-order valence-corrected chi connectivity index (χ3v) is 3.42. The van der Waals surface area contributed by atoms with Crippen LogP contribution in [0.25, 0.3) is 11.0 Å². The van der Waals surface area contributed by atoms with Crippen molar-refractivity contribution in [2.24, 2.45) is 0 Å². The molecule has 0 saturated heterocycles. The number of H-pyrrole nitrogens is 1. The zero-order chi connectivity index (χ0) is 12.5. The quantitative estimate of drug-likeness (QED) is 0.851. The highest BCUT2D eigenvalue weighted by molar-refractivity contribution is 5.79. The van der Waals surface area contributed by atoms with Gasteiger partial charge in [-0.25, -0.2) is 4.98 Å². The van der Waals surface area contributed by atoms with E-state index in [1.807, 2.05) is 13.1 Å². The number of hydrogen-bond acceptors (Lipinski definition) is 3. The molecule has 17 heavy (non-hydrogen) atoms. The van der Waals surface area contributed by atoms with Crippen molar-refractivity contribution in [1.29, 1.82) is 0 Å². The fourth-order valence-corrected chi connectivity index (χ4v) is 1.92. The van der Waals surface area contributed by atoms with Crippen LogP contribution >= 0.6 is 0 Å². The van der Waals surface area contributed by atoms with Gasteiger partial charge in [-0.1, -0.05) is 0 Å². The van der Waals surface area contributed by atoms with Gasteiger partial charge in [-0.05, 0) is 38.5 Å². The molecule has 1 heterocycles. The Bertz CT molecular complexity index is 504. The van der Waals surface area contributed by atoms with Crippen molar-refractivity contribution in [1.82, 2.24) is 9.97 Å². The lowest BCUT2D eigenvalue weighted by molar-refractivity contribution is 0.250. The summed E-state index contributed by atoms with van der Waals surface area (Å²) in [5.41, 5.74) is 3.07. The molecule has 0 spiro atoms. The van der Waals surface area contributed by atoms with Crippen LogP contribution in [-0.4, -0.2) is 34.3 Å². The molecule has 0 radical (unpaired) electrons. The SMILES string of the molecule is CN(c1ccc2nc[nH]c2c1)C(C)(C)CCO. The normalized spacial score (nSPS) is 12.0. The van der Waals surface area contributed by atoms with Crippen molar-refractivity contribution in [3.63, 3.8) is 0 Å². The number of aromatic nitrogens is 2. The molecule has 0 fully saturated rings. The Morgan fingerprint density at radius 1 is 1.41 bits per heavy atom. The lowest BCUT2D eigenvalue weighted by Crippen LogP contribution is -2.41. The molecule has 1 aromatic heterocycles. The molecule has 2 rings (SSSR count). The smallest absolute Gasteiger partial charge is 0.0931 e. The second-order valence-corrected chi connectivity index (χ2v) is 4.95. The van der Waals surface area contributed by atoms with E-state index in [1.165, 1.54) is 0 Å². The minimum absolute atomic E-state index is 0.0670. The molecule has 2 aromatic rings. The van der Waals surface area contributed by atoms with E-state index in [9.17, 15) is 0 Å². The maximum atomic E-state index is 9.09. The maximum Gasteiger partial charge on any atom is 0.0931 e. The summed E-state index contributed by atoms with van der Waals surface area (Å²) in [7, 11) is 2.05. The molecule has 0 amide bonds. The molecule has 0 atom stereocenters. The largest absolute Gasteiger partial charge is 0.396 e. The molecule has 0 aliphatic rings. The van der Waals surface area contributed by atoms with Gasteiger partial charge in [-0.2, -0.15) is 0 Å². The first-order valence-electron chi connectivity index (χ1n) is 5.82. The van der Waals surface area contributed by atoms with Gasteiger partial charge in [-0.15, -0.1) is 0 Å². The highest BCUT2D eigenvalue weighted by Crippen LogP contribution is 2.26. The average Bonchev–Trinajstić information content (AvgIpc) is 2.74. The number of imidazole rings is 1. The third-order valence-electron chi connectivity index (χ3n) is 3.42. The summed E-state index contributed by atoms with van der Waals surface area (Å²) in [4.78, 5) is 9.50. The summed E-state index contributed by atoms with van der Waals surface area (Å²) in [5.74, 6) is 0. The van der Waals surface area contributed by atoms with E-state index in [0.29, 0.717) is 0 Å². The molecule has 0 unspecified atom stereocenters. The summed E-state index contributed by atoms with van der Waals surface area (Å²) in [6.07, 6.45) is 2.44. The molecule has 4 nitrogen and oxygen atoms in total. The van der Waals surface area contributed by atoms with Gasteiger partial charge < -0.3 is 15.0 Å². The van der Waals surface area contributed by atoms with Crippen molar-refractivity contribution in [2.45, 2.75) is 25.8 Å². The summed E-state index contributed by atoms with van der Waals surface area (Å²) >= 11 is 0. The number of anilines is 1. The second kappa shape index (κ2) is 4.37. The van der Waals surface area contributed by atoms with Crippen LogP contribution in [-0.2, 0) is 0 Å². The van der Waals surface area contributed by atoms with Gasteiger partial charge in [-0.3, -0.25) is 0 Å². The number of nitrogens with zero attached hydrogens (tertiary/aromatic N) is 2. The van der Waals surface area contributed by atoms with E-state index in [1.54, 1.807) is 6.33 Å². The number of aliphatic hydroxyl groups excluding tert-OH is 1. The zero-order valence-electron chi connectivity index (χ0n) is 10.6. The fourth-order valence-electron chi connectivity index (χ4n) is 1.92. The first kappa shape index (κ1) is 11.9. The summed E-state index contributed by atoms with van der Waals surface area (Å²) in [6.45, 7) is 4.45. The summed E-state index contributed by atoms with van der Waals surface area (Å²) in [6, 6.07) is 6.15. The van der Waals surface area contributed by atoms with Gasteiger partial charge in [0.05, 0.1) is 17.4 Å². The number of aromatic amines is 1. The van der Waals surface area contributed by atoms with Gasteiger partial charge in [0.2, 0.25) is 0 Å². The Balaban J connectivity index is 2.32. The van der Waals surface area contributed by atoms with E-state index in [0.717, 1.165) is 23.1 Å². The van der Waals surface area contributed by atoms with E-state index < -0.39 is 0 Å². The van der Waals surface area contributed by atoms with Crippen LogP contribution in [0.4, 0.5) is 5.69 Å². The van der Waals surface area contributed by atoms with Crippen molar-refractivity contribution in [3.8, 4) is 0 Å². The molecule has 4 heteroatoms. The molecule has 92 valence electrons. The predicted octanol–water partition coefficient (Wildman–Crippen LogP) is 2.16. The Morgan fingerprint density at radius 2 is 2.18 bits per heavy atom. The van der Waals surface area contributed by atoms with Crippen LogP contribution in [0.2, 0.25) is 0 Å². The highest BCUT2D eigenvalue weighted by atomic mass is 16.3. The Kier molecular flexibility index (Phi) is 3.07. The van der Waals surface area contributed by atoms with Crippen LogP contribution < -0.4 is 4.90 Å². The highest BCUT2D eigenvalue weighted by Gasteiger charge is 2.23. The number of fused-ring (bicyclic) bond motifs is 1. The summed E-state index contributed by atoms with van der Waals surface area (Å²) in [5, 5.41) is 9.09. The molecule has 1 aromatic carbocycles. The van der Waals surface area contributed by atoms with E-state index in [-0.39, 0.29) is 12.1 Å². The van der Waals surface area contributed by atoms with Crippen molar-refractivity contribution in [3.05, 3.63) is 24.5 Å². The van der Waals surface area contributed by atoms with Gasteiger partial charge in [0.15, 0.2) is 0 Å². The van der Waals surface area contributed by atoms with Gasteiger partial charge in [0, 0.05) is 24.9 Å². The average molecular weight is 233 g/mol. The van der Waals surface area contributed by atoms with E-state index in [2.05, 4.69) is 40.8 Å². The Hall–Kier alpha value is -1.55. The molecule has 0 saturated carbocycles. The first-order chi connectivity index (χ1) is 8.04. The fraction of sp³-hybridized carbons (Fsp3) is 0.462. The van der Waals surface area contributed by atoms with Crippen LogP contribution in [0.15, 0.2) is 24.5 Å². The van der Waals surface area contributed by atoms with Gasteiger partial charge in [0.1, 0.15) is 0 Å². The van der Waals surface area contributed by atoms with E-state index in [4.69, 9.17) is 5.11 Å². The van der Waals surface area contributed by atoms with Gasteiger partial charge in [0.25, 0.3) is 0 Å². The molecule has 2 N–H and O–H groups in total.